The van der Waals surface area contributed by atoms with Gasteiger partial charge in [-0.1, -0.05) is 59.0 Å². The second-order valence-electron chi connectivity index (χ2n) is 15.7. The van der Waals surface area contributed by atoms with E-state index in [0.29, 0.717) is 33.5 Å². The maximum Gasteiger partial charge on any atom is 0.263 e. The Kier molecular flexibility index (Phi) is 10.8. The largest absolute Gasteiger partial charge is 0.390 e. The maximum absolute atomic E-state index is 15.5. The van der Waals surface area contributed by atoms with Gasteiger partial charge in [-0.2, -0.15) is 0 Å². The molecule has 4 fully saturated rings. The highest BCUT2D eigenvalue weighted by Gasteiger charge is 2.65. The lowest BCUT2D eigenvalue weighted by Crippen LogP contribution is -2.42. The van der Waals surface area contributed by atoms with Crippen molar-refractivity contribution < 1.29 is 51.9 Å². The molecule has 62 heavy (non-hydrogen) atoms. The van der Waals surface area contributed by atoms with Crippen molar-refractivity contribution in [2.45, 2.75) is 87.9 Å². The number of fused-ring (bicyclic) bond motifs is 4. The number of halogens is 3. The van der Waals surface area contributed by atoms with Crippen molar-refractivity contribution in [3.63, 3.8) is 0 Å². The smallest absolute Gasteiger partial charge is 0.263 e. The van der Waals surface area contributed by atoms with Gasteiger partial charge in [-0.05, 0) is 52.0 Å². The number of carbonyl (C=O) groups is 2. The molecule has 0 bridgehead atoms. The number of hydrogen-bond donors (Lipinski definition) is 3. The van der Waals surface area contributed by atoms with Gasteiger partial charge < -0.3 is 44.2 Å². The number of nitrogens with one attached hydrogen (secondary N) is 2. The number of ether oxygens (including phenoxy) is 6. The summed E-state index contributed by atoms with van der Waals surface area (Å²) >= 11 is 1.93. The Balaban J connectivity index is 0.000000158. The molecule has 324 valence electrons. The standard InChI is InChI=1S/C20H19FIN5O4.C20H20FN5O5/c1-19(2)29-13-14(30-19)20(21,8-22)31-18(13)27-10-25-12-15(23-9-24-16(12)27)26-17(28)11-6-4-3-5-7-11;1-19(2)29-13-14(30-19)20(21,8-27)31-18(13)26-10-24-12-15(22-9-23-16(12)26)25-17(28)11-6-4-3-5-7-11/h3-7,9-10,13-14,18H,8H2,1-2H3,(H,23,24,26,28);3-7,9-10,13-14,18,27H,8H2,1-2H3,(H,22,23,25,28)/t2*13-,14?,18+,20+/m00/s1. The summed E-state index contributed by atoms with van der Waals surface area (Å²) in [5, 5.41) is 15.1. The van der Waals surface area contributed by atoms with Crippen molar-refractivity contribution in [2.24, 2.45) is 0 Å². The van der Waals surface area contributed by atoms with Gasteiger partial charge in [0.25, 0.3) is 17.7 Å². The van der Waals surface area contributed by atoms with E-state index in [1.54, 1.807) is 80.8 Å². The number of imidazole rings is 2. The molecule has 4 aromatic heterocycles. The van der Waals surface area contributed by atoms with Crippen LogP contribution in [0.3, 0.4) is 0 Å². The lowest BCUT2D eigenvalue weighted by Gasteiger charge is -2.27. The van der Waals surface area contributed by atoms with Gasteiger partial charge in [-0.25, -0.2) is 38.7 Å². The molecule has 2 amide bonds. The van der Waals surface area contributed by atoms with Crippen LogP contribution in [0.5, 0.6) is 0 Å². The first kappa shape index (κ1) is 42.1. The number of benzene rings is 2. The van der Waals surface area contributed by atoms with Crippen LogP contribution in [0.2, 0.25) is 0 Å². The molecule has 19 nitrogen and oxygen atoms in total. The lowest BCUT2D eigenvalue weighted by molar-refractivity contribution is -0.264. The highest BCUT2D eigenvalue weighted by molar-refractivity contribution is 14.1. The van der Waals surface area contributed by atoms with Gasteiger partial charge >= 0.3 is 0 Å². The molecule has 8 atom stereocenters. The Morgan fingerprint density at radius 1 is 0.645 bits per heavy atom. The molecule has 0 aliphatic carbocycles. The number of aliphatic hydroxyl groups excluding tert-OH is 1. The van der Waals surface area contributed by atoms with Crippen LogP contribution in [0.15, 0.2) is 86.0 Å². The summed E-state index contributed by atoms with van der Waals surface area (Å²) in [7, 11) is 0. The van der Waals surface area contributed by atoms with E-state index in [2.05, 4.69) is 40.5 Å². The molecule has 0 radical (unpaired) electrons. The van der Waals surface area contributed by atoms with Gasteiger partial charge in [0.15, 0.2) is 70.2 Å². The third-order valence-corrected chi connectivity index (χ3v) is 11.5. The SMILES string of the molecule is CC1(C)OC2[C@H](O1)[C@H](n1cnc3c(NC(=O)c4ccccc4)ncnc31)O[C@]2(F)CI.CC1(C)OC2[C@H](O1)[C@H](n1cnc3c(NC(=O)c4ccccc4)ncnc31)O[C@]2(F)CO. The van der Waals surface area contributed by atoms with Crippen LogP contribution < -0.4 is 10.6 Å². The van der Waals surface area contributed by atoms with Gasteiger partial charge in [0.2, 0.25) is 5.85 Å². The Morgan fingerprint density at radius 2 is 1.06 bits per heavy atom. The third kappa shape index (κ3) is 7.56. The van der Waals surface area contributed by atoms with Crippen LogP contribution >= 0.6 is 22.6 Å². The molecule has 4 saturated heterocycles. The lowest BCUT2D eigenvalue weighted by atomic mass is 10.1. The Morgan fingerprint density at radius 3 is 1.48 bits per heavy atom. The molecule has 4 aliphatic heterocycles. The zero-order chi connectivity index (χ0) is 43.6. The predicted molar refractivity (Wildman–Crippen MR) is 221 cm³/mol. The fraction of sp³-hybridized carbons (Fsp3) is 0.400. The first-order chi connectivity index (χ1) is 29.6. The molecule has 22 heteroatoms. The highest BCUT2D eigenvalue weighted by atomic mass is 127. The van der Waals surface area contributed by atoms with Crippen LogP contribution in [0.25, 0.3) is 22.3 Å². The molecule has 10 rings (SSSR count). The second-order valence-corrected chi connectivity index (χ2v) is 16.4. The number of hydrogen-bond acceptors (Lipinski definition) is 15. The molecule has 2 aromatic carbocycles. The number of nitrogens with zero attached hydrogens (tertiary/aromatic N) is 8. The normalized spacial score (nSPS) is 29.2. The number of amides is 2. The summed E-state index contributed by atoms with van der Waals surface area (Å²) in [6, 6.07) is 17.4. The summed E-state index contributed by atoms with van der Waals surface area (Å²) in [5.41, 5.74) is 2.28. The van der Waals surface area contributed by atoms with E-state index < -0.39 is 66.8 Å². The zero-order valence-electron chi connectivity index (χ0n) is 33.4. The summed E-state index contributed by atoms with van der Waals surface area (Å²) < 4.78 is 68.3. The highest BCUT2D eigenvalue weighted by Crippen LogP contribution is 2.51. The first-order valence-electron chi connectivity index (χ1n) is 19.3. The van der Waals surface area contributed by atoms with Gasteiger partial charge in [0.05, 0.1) is 17.1 Å². The minimum atomic E-state index is -2.45. The minimum Gasteiger partial charge on any atom is -0.390 e. The summed E-state index contributed by atoms with van der Waals surface area (Å²) in [5.74, 6) is -6.69. The number of aliphatic hydroxyl groups is 1. The van der Waals surface area contributed by atoms with Gasteiger partial charge in [0.1, 0.15) is 31.5 Å². The van der Waals surface area contributed by atoms with Crippen molar-refractivity contribution >= 4 is 68.4 Å². The van der Waals surface area contributed by atoms with E-state index in [1.807, 2.05) is 34.7 Å². The zero-order valence-corrected chi connectivity index (χ0v) is 35.5. The molecule has 0 saturated carbocycles. The Labute approximate surface area is 364 Å². The van der Waals surface area contributed by atoms with E-state index in [1.165, 1.54) is 29.9 Å². The average molecular weight is 969 g/mol. The summed E-state index contributed by atoms with van der Waals surface area (Å²) in [4.78, 5) is 50.5. The maximum atomic E-state index is 15.5. The van der Waals surface area contributed by atoms with E-state index in [-0.39, 0.29) is 27.9 Å². The monoisotopic (exact) mass is 968 g/mol. The van der Waals surface area contributed by atoms with Crippen LogP contribution in [0.4, 0.5) is 20.4 Å². The van der Waals surface area contributed by atoms with Crippen LogP contribution in [-0.2, 0) is 28.4 Å². The molecule has 3 N–H and O–H groups in total. The van der Waals surface area contributed by atoms with Crippen molar-refractivity contribution in [1.29, 1.82) is 0 Å². The van der Waals surface area contributed by atoms with Crippen LogP contribution in [0.1, 0.15) is 60.9 Å². The first-order valence-corrected chi connectivity index (χ1v) is 20.8. The number of anilines is 2. The fourth-order valence-corrected chi connectivity index (χ4v) is 8.41. The Bertz CT molecular complexity index is 2460. The number of carbonyl (C=O) groups excluding carboxylic acids is 2. The molecule has 0 spiro atoms. The van der Waals surface area contributed by atoms with Crippen molar-refractivity contribution in [3.05, 3.63) is 97.1 Å². The molecule has 8 heterocycles. The number of alkyl halides is 3. The molecular weight excluding hydrogens is 929 g/mol. The molecular formula is C40H39F2IN10O9. The second kappa shape index (κ2) is 15.9. The predicted octanol–water partition coefficient (Wildman–Crippen LogP) is 5.01. The number of aromatic nitrogens is 8. The average Bonchev–Trinajstić information content (AvgIpc) is 4.11. The van der Waals surface area contributed by atoms with Crippen LogP contribution in [-0.4, -0.2) is 115 Å². The third-order valence-electron chi connectivity index (χ3n) is 10.5. The number of rotatable bonds is 8. The fourth-order valence-electron chi connectivity index (χ4n) is 7.79. The van der Waals surface area contributed by atoms with Gasteiger partial charge in [-0.3, -0.25) is 18.7 Å². The van der Waals surface area contributed by atoms with Crippen LogP contribution in [0, 0.1) is 0 Å². The summed E-state index contributed by atoms with van der Waals surface area (Å²) in [6.45, 7) is 5.89. The van der Waals surface area contributed by atoms with E-state index in [0.717, 1.165) is 0 Å². The van der Waals surface area contributed by atoms with Crippen molar-refractivity contribution in [1.82, 2.24) is 39.0 Å². The van der Waals surface area contributed by atoms with E-state index >= 15 is 8.78 Å². The van der Waals surface area contributed by atoms with Crippen molar-refractivity contribution in [3.8, 4) is 0 Å². The van der Waals surface area contributed by atoms with E-state index in [9.17, 15) is 14.7 Å². The molecule has 2 unspecified atom stereocenters. The molecule has 4 aliphatic rings. The van der Waals surface area contributed by atoms with Gasteiger partial charge in [0, 0.05) is 11.1 Å². The minimum absolute atomic E-state index is 0.0713. The quantitative estimate of drug-likeness (QED) is 0.135. The topological polar surface area (TPSA) is 221 Å². The van der Waals surface area contributed by atoms with E-state index in [4.69, 9.17) is 28.4 Å². The Hall–Kier alpha value is -5.21. The molecule has 6 aromatic rings. The summed E-state index contributed by atoms with van der Waals surface area (Å²) in [6.07, 6.45) is 0.0547. The van der Waals surface area contributed by atoms with Gasteiger partial charge in [-0.15, -0.1) is 0 Å². The van der Waals surface area contributed by atoms with Crippen molar-refractivity contribution in [2.75, 3.05) is 21.7 Å².